The molecule has 0 aromatic heterocycles. The van der Waals surface area contributed by atoms with Crippen molar-refractivity contribution in [3.05, 3.63) is 29.3 Å². The molecule has 1 aromatic carbocycles. The van der Waals surface area contributed by atoms with Gasteiger partial charge in [-0.1, -0.05) is 6.07 Å². The average Bonchev–Trinajstić information content (AvgIpc) is 3.16. The van der Waals surface area contributed by atoms with Gasteiger partial charge in [0.15, 0.2) is 0 Å². The molecular weight excluding hydrogens is 504 g/mol. The molecule has 1 unspecified atom stereocenters. The van der Waals surface area contributed by atoms with E-state index in [4.69, 9.17) is 28.4 Å². The summed E-state index contributed by atoms with van der Waals surface area (Å²) in [4.78, 5) is 60.5. The lowest BCUT2D eigenvalue weighted by Gasteiger charge is -2.27. The number of rotatable bonds is 19. The fourth-order valence-corrected chi connectivity index (χ4v) is 3.83. The summed E-state index contributed by atoms with van der Waals surface area (Å²) < 4.78 is 32.2. The van der Waals surface area contributed by atoms with Crippen LogP contribution in [0, 0.1) is 0 Å². The topological polar surface area (TPSA) is 156 Å². The number of benzene rings is 1. The second-order valence-electron chi connectivity index (χ2n) is 8.17. The molecule has 0 radical (unpaired) electrons. The van der Waals surface area contributed by atoms with E-state index >= 15 is 0 Å². The van der Waals surface area contributed by atoms with E-state index in [-0.39, 0.29) is 49.5 Å². The molecule has 1 aromatic rings. The van der Waals surface area contributed by atoms with E-state index < -0.39 is 29.7 Å². The van der Waals surface area contributed by atoms with Crippen molar-refractivity contribution in [3.63, 3.8) is 0 Å². The Morgan fingerprint density at radius 2 is 1.37 bits per heavy atom. The number of aldehydes is 1. The number of imide groups is 2. The van der Waals surface area contributed by atoms with Crippen molar-refractivity contribution in [2.45, 2.75) is 18.9 Å². The number of nitrogens with zero attached hydrogens (tertiary/aromatic N) is 1. The fourth-order valence-electron chi connectivity index (χ4n) is 3.83. The summed E-state index contributed by atoms with van der Waals surface area (Å²) in [7, 11) is 0. The predicted octanol–water partition coefficient (Wildman–Crippen LogP) is -0.251. The Balaban J connectivity index is 1.27. The third kappa shape index (κ3) is 8.39. The first-order valence-corrected chi connectivity index (χ1v) is 12.3. The zero-order valence-electron chi connectivity index (χ0n) is 21.0. The molecule has 1 saturated heterocycles. The Labute approximate surface area is 219 Å². The molecule has 208 valence electrons. The Hall–Kier alpha value is -3.23. The summed E-state index contributed by atoms with van der Waals surface area (Å²) in [6, 6.07) is 3.65. The summed E-state index contributed by atoms with van der Waals surface area (Å²) in [6.45, 7) is 3.56. The van der Waals surface area contributed by atoms with Crippen LogP contribution in [-0.4, -0.2) is 114 Å². The smallest absolute Gasteiger partial charge is 0.266 e. The fraction of sp³-hybridized carbons (Fsp3) is 0.560. The van der Waals surface area contributed by atoms with Crippen LogP contribution < -0.4 is 10.1 Å². The minimum absolute atomic E-state index is 0.0530. The van der Waals surface area contributed by atoms with E-state index in [0.29, 0.717) is 59.1 Å². The first-order valence-electron chi connectivity index (χ1n) is 12.3. The Bertz CT molecular complexity index is 984. The Morgan fingerprint density at radius 3 is 1.95 bits per heavy atom. The van der Waals surface area contributed by atoms with Gasteiger partial charge in [-0.05, 0) is 18.6 Å². The number of nitrogens with one attached hydrogen (secondary N) is 1. The normalized spacial score (nSPS) is 17.1. The maximum Gasteiger partial charge on any atom is 0.266 e. The van der Waals surface area contributed by atoms with Gasteiger partial charge in [-0.25, -0.2) is 0 Å². The third-order valence-electron chi connectivity index (χ3n) is 5.59. The van der Waals surface area contributed by atoms with Gasteiger partial charge in [0.05, 0.1) is 70.6 Å². The molecule has 3 rings (SSSR count). The summed E-state index contributed by atoms with van der Waals surface area (Å²) in [5.74, 6) is -2.08. The quantitative estimate of drug-likeness (QED) is 0.141. The van der Waals surface area contributed by atoms with Crippen LogP contribution in [0.3, 0.4) is 0 Å². The Kier molecular flexibility index (Phi) is 12.3. The number of amides is 4. The largest absolute Gasteiger partial charge is 0.490 e. The van der Waals surface area contributed by atoms with Gasteiger partial charge in [-0.15, -0.1) is 0 Å². The van der Waals surface area contributed by atoms with E-state index in [1.165, 1.54) is 6.07 Å². The van der Waals surface area contributed by atoms with Crippen molar-refractivity contribution >= 4 is 29.9 Å². The van der Waals surface area contributed by atoms with Crippen molar-refractivity contribution in [1.29, 1.82) is 0 Å². The van der Waals surface area contributed by atoms with Gasteiger partial charge >= 0.3 is 0 Å². The predicted molar refractivity (Wildman–Crippen MR) is 129 cm³/mol. The molecule has 2 aliphatic rings. The molecule has 4 amide bonds. The number of carbonyl (C=O) groups excluding carboxylic acids is 5. The maximum absolute atomic E-state index is 13.0. The summed E-state index contributed by atoms with van der Waals surface area (Å²) in [5.41, 5.74) is 0.256. The molecule has 0 spiro atoms. The van der Waals surface area contributed by atoms with Gasteiger partial charge in [0, 0.05) is 6.42 Å². The summed E-state index contributed by atoms with van der Waals surface area (Å²) in [6.07, 6.45) is 0.826. The minimum atomic E-state index is -1.03. The molecule has 2 heterocycles. The van der Waals surface area contributed by atoms with E-state index in [0.717, 1.165) is 4.90 Å². The second-order valence-corrected chi connectivity index (χ2v) is 8.17. The third-order valence-corrected chi connectivity index (χ3v) is 5.59. The zero-order valence-corrected chi connectivity index (χ0v) is 21.0. The molecule has 13 nitrogen and oxygen atoms in total. The minimum Gasteiger partial charge on any atom is -0.490 e. The molecule has 1 N–H and O–H groups in total. The lowest BCUT2D eigenvalue weighted by molar-refractivity contribution is -0.136. The van der Waals surface area contributed by atoms with Crippen molar-refractivity contribution in [1.82, 2.24) is 10.2 Å². The van der Waals surface area contributed by atoms with Crippen LogP contribution in [0.5, 0.6) is 5.75 Å². The molecule has 0 saturated carbocycles. The molecule has 0 bridgehead atoms. The van der Waals surface area contributed by atoms with Crippen LogP contribution in [0.15, 0.2) is 18.2 Å². The molecule has 38 heavy (non-hydrogen) atoms. The van der Waals surface area contributed by atoms with E-state index in [2.05, 4.69) is 5.32 Å². The van der Waals surface area contributed by atoms with Gasteiger partial charge < -0.3 is 33.2 Å². The zero-order chi connectivity index (χ0) is 27.2. The van der Waals surface area contributed by atoms with Gasteiger partial charge in [0.2, 0.25) is 11.8 Å². The Morgan fingerprint density at radius 1 is 0.789 bits per heavy atom. The van der Waals surface area contributed by atoms with E-state index in [1.807, 2.05) is 0 Å². The molecule has 13 heteroatoms. The highest BCUT2D eigenvalue weighted by Gasteiger charge is 2.45. The van der Waals surface area contributed by atoms with E-state index in [1.54, 1.807) is 12.1 Å². The van der Waals surface area contributed by atoms with Gasteiger partial charge in [-0.3, -0.25) is 29.4 Å². The highest BCUT2D eigenvalue weighted by molar-refractivity contribution is 6.24. The van der Waals surface area contributed by atoms with Crippen LogP contribution in [-0.2, 0) is 38.1 Å². The lowest BCUT2D eigenvalue weighted by atomic mass is 10.0. The maximum atomic E-state index is 13.0. The van der Waals surface area contributed by atoms with Gasteiger partial charge in [-0.2, -0.15) is 0 Å². The number of hydrogen-bond acceptors (Lipinski definition) is 11. The number of piperidine rings is 1. The molecule has 1 atom stereocenters. The van der Waals surface area contributed by atoms with E-state index in [9.17, 15) is 24.0 Å². The summed E-state index contributed by atoms with van der Waals surface area (Å²) >= 11 is 0. The molecular formula is C25H32N2O11. The van der Waals surface area contributed by atoms with Crippen LogP contribution in [0.1, 0.15) is 33.6 Å². The van der Waals surface area contributed by atoms with Crippen LogP contribution in [0.2, 0.25) is 0 Å². The number of fused-ring (bicyclic) bond motifs is 1. The van der Waals surface area contributed by atoms with Crippen molar-refractivity contribution in [3.8, 4) is 5.75 Å². The lowest BCUT2D eigenvalue weighted by Crippen LogP contribution is -2.54. The standard InChI is InChI=1S/C25H32N2O11/c28-6-7-33-8-9-34-10-11-35-12-13-36-14-15-37-16-17-38-20-3-1-2-18-22(20)25(32)27(24(18)31)19-4-5-21(29)26-23(19)30/h1-3,6,19H,4-5,7-17H2,(H,26,29,30). The first kappa shape index (κ1) is 29.3. The highest BCUT2D eigenvalue weighted by atomic mass is 16.6. The highest BCUT2D eigenvalue weighted by Crippen LogP contribution is 2.33. The van der Waals surface area contributed by atoms with Crippen molar-refractivity contribution in [2.75, 3.05) is 72.7 Å². The van der Waals surface area contributed by atoms with Gasteiger partial charge in [0.1, 0.15) is 31.3 Å². The van der Waals surface area contributed by atoms with Crippen molar-refractivity contribution in [2.24, 2.45) is 0 Å². The van der Waals surface area contributed by atoms with Crippen LogP contribution >= 0.6 is 0 Å². The van der Waals surface area contributed by atoms with Gasteiger partial charge in [0.25, 0.3) is 11.8 Å². The SMILES string of the molecule is O=CCOCCOCCOCCOCCOCCOc1cccc2c1C(=O)N(C1CCC(=O)NC1=O)C2=O. The van der Waals surface area contributed by atoms with Crippen molar-refractivity contribution < 1.29 is 52.4 Å². The number of hydrogen-bond donors (Lipinski definition) is 1. The van der Waals surface area contributed by atoms with Crippen LogP contribution in [0.4, 0.5) is 0 Å². The summed E-state index contributed by atoms with van der Waals surface area (Å²) in [5, 5.41) is 2.17. The average molecular weight is 537 g/mol. The molecule has 0 aliphatic carbocycles. The molecule has 2 aliphatic heterocycles. The monoisotopic (exact) mass is 536 g/mol. The first-order chi connectivity index (χ1) is 18.5. The van der Waals surface area contributed by atoms with Crippen LogP contribution in [0.25, 0.3) is 0 Å². The number of carbonyl (C=O) groups is 5. The number of ether oxygens (including phenoxy) is 6. The molecule has 1 fully saturated rings. The second kappa shape index (κ2) is 15.9.